The van der Waals surface area contributed by atoms with Gasteiger partial charge in [-0.15, -0.1) is 11.3 Å². The molecular weight excluding hydrogens is 299 g/mol. The molecule has 0 atom stereocenters. The van der Waals surface area contributed by atoms with Crippen LogP contribution in [0.5, 0.6) is 0 Å². The molecule has 0 aliphatic rings. The molecule has 0 fully saturated rings. The Morgan fingerprint density at radius 2 is 1.91 bits per heavy atom. The average molecular weight is 320 g/mol. The van der Waals surface area contributed by atoms with Crippen molar-refractivity contribution in [1.82, 2.24) is 15.6 Å². The first kappa shape index (κ1) is 16.4. The molecule has 1 aromatic heterocycles. The molecule has 2 N–H and O–H groups in total. The molecule has 2 aromatic rings. The molecule has 0 aliphatic carbocycles. The van der Waals surface area contributed by atoms with Crippen LogP contribution >= 0.6 is 11.3 Å². The van der Waals surface area contributed by atoms with Gasteiger partial charge in [0.25, 0.3) is 0 Å². The van der Waals surface area contributed by atoms with Crippen molar-refractivity contribution in [2.45, 2.75) is 32.9 Å². The van der Waals surface area contributed by atoms with Gasteiger partial charge in [-0.1, -0.05) is 26.0 Å². The molecule has 0 aliphatic heterocycles. The van der Waals surface area contributed by atoms with Gasteiger partial charge in [0.2, 0.25) is 0 Å². The zero-order valence-electron chi connectivity index (χ0n) is 13.1. The summed E-state index contributed by atoms with van der Waals surface area (Å²) in [6, 6.07) is 6.42. The Bertz CT molecular complexity index is 619. The number of nitrogens with zero attached hydrogens (tertiary/aromatic N) is 2. The van der Waals surface area contributed by atoms with E-state index in [2.05, 4.69) is 39.8 Å². The van der Waals surface area contributed by atoms with Crippen LogP contribution in [0.15, 0.2) is 34.6 Å². The Hall–Kier alpha value is -1.95. The first-order valence-electron chi connectivity index (χ1n) is 7.21. The Labute approximate surface area is 134 Å². The number of hydrogen-bond acceptors (Lipinski definition) is 3. The summed E-state index contributed by atoms with van der Waals surface area (Å²) < 4.78 is 12.9. The van der Waals surface area contributed by atoms with Crippen LogP contribution in [0, 0.1) is 5.82 Å². The predicted octanol–water partition coefficient (Wildman–Crippen LogP) is 3.27. The Balaban J connectivity index is 1.83. The fourth-order valence-electron chi connectivity index (χ4n) is 1.84. The lowest BCUT2D eigenvalue weighted by molar-refractivity contribution is 0.626. The van der Waals surface area contributed by atoms with Crippen molar-refractivity contribution >= 4 is 17.3 Å². The van der Waals surface area contributed by atoms with Crippen LogP contribution in [0.2, 0.25) is 0 Å². The van der Waals surface area contributed by atoms with Crippen LogP contribution in [0.3, 0.4) is 0 Å². The maximum absolute atomic E-state index is 12.9. The molecule has 0 saturated carbocycles. The minimum absolute atomic E-state index is 0.226. The van der Waals surface area contributed by atoms with E-state index in [0.717, 1.165) is 16.3 Å². The third-order valence-electron chi connectivity index (χ3n) is 3.16. The van der Waals surface area contributed by atoms with E-state index in [-0.39, 0.29) is 5.82 Å². The summed E-state index contributed by atoms with van der Waals surface area (Å²) in [5, 5.41) is 9.56. The third-order valence-corrected chi connectivity index (χ3v) is 4.03. The van der Waals surface area contributed by atoms with E-state index < -0.39 is 0 Å². The molecule has 0 amide bonds. The van der Waals surface area contributed by atoms with E-state index in [4.69, 9.17) is 0 Å². The second kappa shape index (κ2) is 7.89. The fraction of sp³-hybridized carbons (Fsp3) is 0.375. The number of aliphatic imine (C=N–C) groups is 1. The maximum Gasteiger partial charge on any atom is 0.191 e. The van der Waals surface area contributed by atoms with Crippen LogP contribution < -0.4 is 10.6 Å². The summed E-state index contributed by atoms with van der Waals surface area (Å²) in [7, 11) is 1.72. The van der Waals surface area contributed by atoms with Gasteiger partial charge in [-0.3, -0.25) is 4.99 Å². The molecule has 0 unspecified atom stereocenters. The van der Waals surface area contributed by atoms with Gasteiger partial charge in [-0.25, -0.2) is 9.37 Å². The largest absolute Gasteiger partial charge is 0.352 e. The van der Waals surface area contributed by atoms with Gasteiger partial charge in [0.05, 0.1) is 12.2 Å². The predicted molar refractivity (Wildman–Crippen MR) is 89.6 cm³/mol. The van der Waals surface area contributed by atoms with Crippen LogP contribution in [-0.2, 0) is 13.1 Å². The van der Waals surface area contributed by atoms with Crippen LogP contribution in [0.25, 0.3) is 0 Å². The van der Waals surface area contributed by atoms with E-state index in [1.165, 1.54) is 12.1 Å². The number of hydrogen-bond donors (Lipinski definition) is 2. The van der Waals surface area contributed by atoms with Crippen molar-refractivity contribution < 1.29 is 4.39 Å². The first-order valence-corrected chi connectivity index (χ1v) is 8.09. The quantitative estimate of drug-likeness (QED) is 0.657. The number of thiazole rings is 1. The highest BCUT2D eigenvalue weighted by Gasteiger charge is 2.06. The number of rotatable bonds is 5. The van der Waals surface area contributed by atoms with Gasteiger partial charge < -0.3 is 10.6 Å². The van der Waals surface area contributed by atoms with Crippen molar-refractivity contribution in [3.8, 4) is 0 Å². The Kier molecular flexibility index (Phi) is 5.89. The van der Waals surface area contributed by atoms with Gasteiger partial charge in [0.1, 0.15) is 10.8 Å². The zero-order valence-corrected chi connectivity index (χ0v) is 13.9. The summed E-state index contributed by atoms with van der Waals surface area (Å²) in [4.78, 5) is 8.75. The van der Waals surface area contributed by atoms with Crippen molar-refractivity contribution in [3.05, 3.63) is 51.7 Å². The molecule has 1 aromatic carbocycles. The van der Waals surface area contributed by atoms with Gasteiger partial charge >= 0.3 is 0 Å². The SMILES string of the molecule is CN=C(NCc1ccc(F)cc1)NCc1nc(C(C)C)cs1. The van der Waals surface area contributed by atoms with Gasteiger partial charge in [0, 0.05) is 19.0 Å². The second-order valence-electron chi connectivity index (χ2n) is 5.23. The van der Waals surface area contributed by atoms with Crippen molar-refractivity contribution in [2.24, 2.45) is 4.99 Å². The van der Waals surface area contributed by atoms with Crippen molar-refractivity contribution in [2.75, 3.05) is 7.05 Å². The lowest BCUT2D eigenvalue weighted by Crippen LogP contribution is -2.36. The van der Waals surface area contributed by atoms with E-state index >= 15 is 0 Å². The molecule has 22 heavy (non-hydrogen) atoms. The molecule has 0 radical (unpaired) electrons. The summed E-state index contributed by atoms with van der Waals surface area (Å²) in [5.74, 6) is 0.919. The first-order chi connectivity index (χ1) is 10.6. The fourth-order valence-corrected chi connectivity index (χ4v) is 2.73. The third kappa shape index (κ3) is 4.80. The molecule has 0 bridgehead atoms. The van der Waals surface area contributed by atoms with Crippen molar-refractivity contribution in [1.29, 1.82) is 0 Å². The molecule has 6 heteroatoms. The second-order valence-corrected chi connectivity index (χ2v) is 6.17. The van der Waals surface area contributed by atoms with Gasteiger partial charge in [0.15, 0.2) is 5.96 Å². The number of benzene rings is 1. The zero-order chi connectivity index (χ0) is 15.9. The Morgan fingerprint density at radius 3 is 2.50 bits per heavy atom. The summed E-state index contributed by atoms with van der Waals surface area (Å²) in [5.41, 5.74) is 2.12. The van der Waals surface area contributed by atoms with E-state index in [0.29, 0.717) is 25.0 Å². The van der Waals surface area contributed by atoms with Crippen LogP contribution in [0.1, 0.15) is 36.0 Å². The summed E-state index contributed by atoms with van der Waals surface area (Å²) in [6.45, 7) is 5.50. The highest BCUT2D eigenvalue weighted by molar-refractivity contribution is 7.09. The number of halogens is 1. The minimum atomic E-state index is -0.226. The lowest BCUT2D eigenvalue weighted by Gasteiger charge is -2.11. The smallest absolute Gasteiger partial charge is 0.191 e. The van der Waals surface area contributed by atoms with E-state index in [1.54, 1.807) is 30.5 Å². The van der Waals surface area contributed by atoms with Crippen molar-refractivity contribution in [3.63, 3.8) is 0 Å². The van der Waals surface area contributed by atoms with Crippen LogP contribution in [0.4, 0.5) is 4.39 Å². The molecule has 1 heterocycles. The average Bonchev–Trinajstić information content (AvgIpc) is 2.98. The molecular formula is C16H21FN4S. The number of aromatic nitrogens is 1. The molecule has 0 saturated heterocycles. The Morgan fingerprint density at radius 1 is 1.23 bits per heavy atom. The highest BCUT2D eigenvalue weighted by atomic mass is 32.1. The summed E-state index contributed by atoms with van der Waals surface area (Å²) >= 11 is 1.65. The summed E-state index contributed by atoms with van der Waals surface area (Å²) in [6.07, 6.45) is 0. The standard InChI is InChI=1S/C16H21FN4S/c1-11(2)14-10-22-15(21-14)9-20-16(18-3)19-8-12-4-6-13(17)7-5-12/h4-7,10-11H,8-9H2,1-3H3,(H2,18,19,20). The van der Waals surface area contributed by atoms with Gasteiger partial charge in [-0.2, -0.15) is 0 Å². The monoisotopic (exact) mass is 320 g/mol. The minimum Gasteiger partial charge on any atom is -0.352 e. The molecule has 2 rings (SSSR count). The molecule has 0 spiro atoms. The normalized spacial score (nSPS) is 11.8. The topological polar surface area (TPSA) is 49.3 Å². The van der Waals surface area contributed by atoms with Gasteiger partial charge in [-0.05, 0) is 23.6 Å². The van der Waals surface area contributed by atoms with E-state index in [1.807, 2.05) is 0 Å². The molecule has 118 valence electrons. The van der Waals surface area contributed by atoms with Crippen LogP contribution in [-0.4, -0.2) is 18.0 Å². The number of nitrogens with one attached hydrogen (secondary N) is 2. The lowest BCUT2D eigenvalue weighted by atomic mass is 10.2. The molecule has 4 nitrogen and oxygen atoms in total. The highest BCUT2D eigenvalue weighted by Crippen LogP contribution is 2.17. The van der Waals surface area contributed by atoms with E-state index in [9.17, 15) is 4.39 Å². The number of guanidine groups is 1. The maximum atomic E-state index is 12.9.